The van der Waals surface area contributed by atoms with Crippen molar-refractivity contribution in [3.05, 3.63) is 23.2 Å². The van der Waals surface area contributed by atoms with E-state index in [0.717, 1.165) is 24.3 Å². The van der Waals surface area contributed by atoms with Crippen molar-refractivity contribution in [3.63, 3.8) is 0 Å². The molecule has 0 aromatic carbocycles. The van der Waals surface area contributed by atoms with Gasteiger partial charge in [-0.2, -0.15) is 0 Å². The lowest BCUT2D eigenvalue weighted by molar-refractivity contribution is 0.0920. The Morgan fingerprint density at radius 3 is 2.72 bits per heavy atom. The van der Waals surface area contributed by atoms with E-state index in [-0.39, 0.29) is 5.91 Å². The Labute approximate surface area is 108 Å². The number of amides is 1. The summed E-state index contributed by atoms with van der Waals surface area (Å²) in [7, 11) is 0. The van der Waals surface area contributed by atoms with Gasteiger partial charge in [0.1, 0.15) is 5.76 Å². The zero-order valence-corrected chi connectivity index (χ0v) is 11.6. The van der Waals surface area contributed by atoms with E-state index in [1.54, 1.807) is 0 Å². The first kappa shape index (κ1) is 14.7. The standard InChI is InChI=1S/C13H23N3O2/c1-5-10(4)16(6-2)8-11-7-9(3)12(18-11)13(17)15-14/h7,10H,5-6,8,14H2,1-4H3,(H,15,17). The number of hydrazine groups is 1. The summed E-state index contributed by atoms with van der Waals surface area (Å²) in [5.41, 5.74) is 2.90. The first-order valence-corrected chi connectivity index (χ1v) is 6.37. The predicted octanol–water partition coefficient (Wildman–Crippen LogP) is 1.81. The highest BCUT2D eigenvalue weighted by Crippen LogP contribution is 2.17. The first-order chi connectivity index (χ1) is 8.53. The number of carbonyl (C=O) groups excluding carboxylic acids is 1. The van der Waals surface area contributed by atoms with Crippen LogP contribution < -0.4 is 11.3 Å². The fraction of sp³-hybridized carbons (Fsp3) is 0.615. The average Bonchev–Trinajstić information content (AvgIpc) is 2.75. The molecule has 0 aliphatic rings. The lowest BCUT2D eigenvalue weighted by Crippen LogP contribution is -2.31. The van der Waals surface area contributed by atoms with Gasteiger partial charge in [0.15, 0.2) is 5.76 Å². The number of nitrogens with two attached hydrogens (primary N) is 1. The van der Waals surface area contributed by atoms with Crippen LogP contribution in [0.5, 0.6) is 0 Å². The Balaban J connectivity index is 2.82. The second-order valence-corrected chi connectivity index (χ2v) is 4.52. The maximum absolute atomic E-state index is 11.4. The van der Waals surface area contributed by atoms with Gasteiger partial charge in [-0.05, 0) is 32.9 Å². The number of carbonyl (C=O) groups is 1. The van der Waals surface area contributed by atoms with Gasteiger partial charge < -0.3 is 4.42 Å². The second-order valence-electron chi connectivity index (χ2n) is 4.52. The third-order valence-corrected chi connectivity index (χ3v) is 3.29. The van der Waals surface area contributed by atoms with Crippen LogP contribution in [0.2, 0.25) is 0 Å². The second kappa shape index (κ2) is 6.56. The zero-order chi connectivity index (χ0) is 13.7. The molecule has 0 aliphatic heterocycles. The van der Waals surface area contributed by atoms with E-state index in [4.69, 9.17) is 10.3 Å². The van der Waals surface area contributed by atoms with Gasteiger partial charge in [0, 0.05) is 11.6 Å². The molecule has 0 radical (unpaired) electrons. The molecule has 0 aliphatic carbocycles. The van der Waals surface area contributed by atoms with E-state index in [2.05, 4.69) is 31.1 Å². The fourth-order valence-electron chi connectivity index (χ4n) is 1.95. The molecular weight excluding hydrogens is 230 g/mol. The van der Waals surface area contributed by atoms with Gasteiger partial charge in [-0.1, -0.05) is 13.8 Å². The van der Waals surface area contributed by atoms with Crippen molar-refractivity contribution in [3.8, 4) is 0 Å². The quantitative estimate of drug-likeness (QED) is 0.461. The molecule has 0 bridgehead atoms. The minimum absolute atomic E-state index is 0.299. The van der Waals surface area contributed by atoms with Crippen molar-refractivity contribution in [1.29, 1.82) is 0 Å². The van der Waals surface area contributed by atoms with Gasteiger partial charge in [-0.25, -0.2) is 5.84 Å². The molecule has 1 aromatic heterocycles. The minimum Gasteiger partial charge on any atom is -0.454 e. The Morgan fingerprint density at radius 1 is 1.56 bits per heavy atom. The van der Waals surface area contributed by atoms with E-state index in [1.807, 2.05) is 13.0 Å². The molecule has 0 saturated heterocycles. The smallest absolute Gasteiger partial charge is 0.301 e. The third kappa shape index (κ3) is 3.34. The monoisotopic (exact) mass is 253 g/mol. The summed E-state index contributed by atoms with van der Waals surface area (Å²) in [4.78, 5) is 13.8. The molecule has 1 aromatic rings. The van der Waals surface area contributed by atoms with E-state index in [9.17, 15) is 4.79 Å². The summed E-state index contributed by atoms with van der Waals surface area (Å²) in [5, 5.41) is 0. The van der Waals surface area contributed by atoms with Crippen LogP contribution in [0.3, 0.4) is 0 Å². The Kier molecular flexibility index (Phi) is 5.37. The molecule has 1 rings (SSSR count). The SMILES string of the molecule is CCC(C)N(CC)Cc1cc(C)c(C(=O)NN)o1. The Morgan fingerprint density at radius 2 is 2.22 bits per heavy atom. The molecule has 5 nitrogen and oxygen atoms in total. The van der Waals surface area contributed by atoms with Crippen LogP contribution >= 0.6 is 0 Å². The van der Waals surface area contributed by atoms with Gasteiger partial charge in [0.2, 0.25) is 0 Å². The molecular formula is C13H23N3O2. The van der Waals surface area contributed by atoms with E-state index < -0.39 is 0 Å². The number of hydrogen-bond acceptors (Lipinski definition) is 4. The van der Waals surface area contributed by atoms with Crippen molar-refractivity contribution in [2.75, 3.05) is 6.54 Å². The predicted molar refractivity (Wildman–Crippen MR) is 70.9 cm³/mol. The summed E-state index contributed by atoms with van der Waals surface area (Å²) in [6.07, 6.45) is 1.09. The number of nitrogen functional groups attached to an aromatic ring is 1. The highest BCUT2D eigenvalue weighted by molar-refractivity contribution is 5.92. The van der Waals surface area contributed by atoms with Gasteiger partial charge in [0.05, 0.1) is 6.54 Å². The summed E-state index contributed by atoms with van der Waals surface area (Å²) >= 11 is 0. The highest BCUT2D eigenvalue weighted by Gasteiger charge is 2.17. The van der Waals surface area contributed by atoms with E-state index in [0.29, 0.717) is 18.3 Å². The number of nitrogens with one attached hydrogen (secondary N) is 1. The molecule has 1 amide bonds. The molecule has 0 saturated carbocycles. The Bertz CT molecular complexity index is 401. The zero-order valence-electron chi connectivity index (χ0n) is 11.6. The van der Waals surface area contributed by atoms with E-state index in [1.165, 1.54) is 0 Å². The van der Waals surface area contributed by atoms with Gasteiger partial charge >= 0.3 is 5.91 Å². The van der Waals surface area contributed by atoms with Crippen LogP contribution in [0.15, 0.2) is 10.5 Å². The molecule has 0 fully saturated rings. The lowest BCUT2D eigenvalue weighted by Gasteiger charge is -2.25. The van der Waals surface area contributed by atoms with Crippen LogP contribution in [0.25, 0.3) is 0 Å². The van der Waals surface area contributed by atoms with Crippen molar-refractivity contribution >= 4 is 5.91 Å². The maximum atomic E-state index is 11.4. The molecule has 0 spiro atoms. The molecule has 1 atom stereocenters. The molecule has 18 heavy (non-hydrogen) atoms. The van der Waals surface area contributed by atoms with Crippen molar-refractivity contribution in [2.45, 2.75) is 46.7 Å². The summed E-state index contributed by atoms with van der Waals surface area (Å²) in [6, 6.07) is 2.39. The normalized spacial score (nSPS) is 12.8. The summed E-state index contributed by atoms with van der Waals surface area (Å²) in [5.74, 6) is 5.82. The van der Waals surface area contributed by atoms with Crippen LogP contribution in [-0.2, 0) is 6.54 Å². The molecule has 3 N–H and O–H groups in total. The number of nitrogens with zero attached hydrogens (tertiary/aromatic N) is 1. The fourth-order valence-corrected chi connectivity index (χ4v) is 1.95. The number of hydrogen-bond donors (Lipinski definition) is 2. The number of furan rings is 1. The molecule has 1 unspecified atom stereocenters. The first-order valence-electron chi connectivity index (χ1n) is 6.37. The van der Waals surface area contributed by atoms with Gasteiger partial charge in [-0.15, -0.1) is 0 Å². The van der Waals surface area contributed by atoms with Crippen molar-refractivity contribution in [2.24, 2.45) is 5.84 Å². The third-order valence-electron chi connectivity index (χ3n) is 3.29. The minimum atomic E-state index is -0.384. The molecule has 102 valence electrons. The van der Waals surface area contributed by atoms with Crippen LogP contribution in [-0.4, -0.2) is 23.4 Å². The topological polar surface area (TPSA) is 71.5 Å². The lowest BCUT2D eigenvalue weighted by atomic mass is 10.2. The molecule has 5 heteroatoms. The van der Waals surface area contributed by atoms with Crippen molar-refractivity contribution < 1.29 is 9.21 Å². The molecule has 1 heterocycles. The largest absolute Gasteiger partial charge is 0.454 e. The van der Waals surface area contributed by atoms with E-state index >= 15 is 0 Å². The maximum Gasteiger partial charge on any atom is 0.301 e. The van der Waals surface area contributed by atoms with Crippen LogP contribution in [0.4, 0.5) is 0 Å². The Hall–Kier alpha value is -1.33. The van der Waals surface area contributed by atoms with Crippen LogP contribution in [0, 0.1) is 6.92 Å². The van der Waals surface area contributed by atoms with Gasteiger partial charge in [-0.3, -0.25) is 15.1 Å². The van der Waals surface area contributed by atoms with Crippen LogP contribution in [0.1, 0.15) is 49.1 Å². The van der Waals surface area contributed by atoms with Gasteiger partial charge in [0.25, 0.3) is 0 Å². The number of rotatable bonds is 6. The van der Waals surface area contributed by atoms with Crippen molar-refractivity contribution in [1.82, 2.24) is 10.3 Å². The highest BCUT2D eigenvalue weighted by atomic mass is 16.4. The summed E-state index contributed by atoms with van der Waals surface area (Å²) in [6.45, 7) is 9.98. The average molecular weight is 253 g/mol. The summed E-state index contributed by atoms with van der Waals surface area (Å²) < 4.78 is 5.56. The number of aryl methyl sites for hydroxylation is 1.